The molecule has 2 aromatic rings. The summed E-state index contributed by atoms with van der Waals surface area (Å²) in [6.45, 7) is 3.80. The van der Waals surface area contributed by atoms with E-state index in [1.54, 1.807) is 0 Å². The van der Waals surface area contributed by atoms with Crippen molar-refractivity contribution in [1.82, 2.24) is 10.1 Å². The van der Waals surface area contributed by atoms with Gasteiger partial charge in [-0.2, -0.15) is 0 Å². The van der Waals surface area contributed by atoms with Crippen molar-refractivity contribution in [2.45, 2.75) is 51.4 Å². The second kappa shape index (κ2) is 7.03. The molecule has 0 atom stereocenters. The Kier molecular flexibility index (Phi) is 4.60. The fourth-order valence-electron chi connectivity index (χ4n) is 3.66. The van der Waals surface area contributed by atoms with Gasteiger partial charge in [-0.05, 0) is 56.9 Å². The van der Waals surface area contributed by atoms with Gasteiger partial charge < -0.3 is 9.42 Å². The molecular weight excluding hydrogens is 312 g/mol. The topological polar surface area (TPSA) is 46.3 Å². The number of benzene rings is 1. The van der Waals surface area contributed by atoms with E-state index < -0.39 is 0 Å². The lowest BCUT2D eigenvalue weighted by Crippen LogP contribution is -2.38. The highest BCUT2D eigenvalue weighted by atomic mass is 16.5. The summed E-state index contributed by atoms with van der Waals surface area (Å²) in [5.41, 5.74) is 3.22. The van der Waals surface area contributed by atoms with Gasteiger partial charge in [0, 0.05) is 25.1 Å². The highest BCUT2D eigenvalue weighted by Gasteiger charge is 2.30. The molecule has 132 valence electrons. The van der Waals surface area contributed by atoms with Crippen molar-refractivity contribution in [3.63, 3.8) is 0 Å². The van der Waals surface area contributed by atoms with Crippen molar-refractivity contribution in [3.05, 3.63) is 52.9 Å². The largest absolute Gasteiger partial charge is 0.360 e. The van der Waals surface area contributed by atoms with Crippen LogP contribution in [0.1, 0.15) is 65.4 Å². The number of rotatable bonds is 5. The summed E-state index contributed by atoms with van der Waals surface area (Å²) < 4.78 is 5.32. The van der Waals surface area contributed by atoms with Crippen LogP contribution in [-0.4, -0.2) is 29.1 Å². The molecule has 0 radical (unpaired) electrons. The lowest BCUT2D eigenvalue weighted by atomic mass is 9.90. The van der Waals surface area contributed by atoms with E-state index in [4.69, 9.17) is 4.52 Å². The zero-order valence-electron chi connectivity index (χ0n) is 14.9. The van der Waals surface area contributed by atoms with Crippen LogP contribution in [0.15, 0.2) is 34.9 Å². The minimum atomic E-state index is 0.0348. The molecule has 1 aliphatic heterocycles. The van der Waals surface area contributed by atoms with Crippen molar-refractivity contribution < 1.29 is 9.32 Å². The second-order valence-corrected chi connectivity index (χ2v) is 7.65. The Morgan fingerprint density at radius 3 is 2.56 bits per heavy atom. The van der Waals surface area contributed by atoms with Crippen molar-refractivity contribution in [3.8, 4) is 0 Å². The summed E-state index contributed by atoms with van der Waals surface area (Å²) in [6, 6.07) is 10.7. The van der Waals surface area contributed by atoms with Crippen molar-refractivity contribution in [2.75, 3.05) is 13.1 Å². The molecular formula is C21H26N2O2. The van der Waals surface area contributed by atoms with Crippen molar-refractivity contribution in [1.29, 1.82) is 0 Å². The van der Waals surface area contributed by atoms with Gasteiger partial charge in [0.05, 0.1) is 0 Å². The number of piperidine rings is 1. The first kappa shape index (κ1) is 16.4. The Morgan fingerprint density at radius 2 is 1.88 bits per heavy atom. The summed E-state index contributed by atoms with van der Waals surface area (Å²) in [6.07, 6.45) is 6.84. The van der Waals surface area contributed by atoms with Gasteiger partial charge in [0.15, 0.2) is 5.69 Å². The third-order valence-corrected chi connectivity index (χ3v) is 5.59. The summed E-state index contributed by atoms with van der Waals surface area (Å²) in [5.74, 6) is 2.13. The smallest absolute Gasteiger partial charge is 0.276 e. The maximum atomic E-state index is 12.6. The van der Waals surface area contributed by atoms with Crippen molar-refractivity contribution in [2.24, 2.45) is 5.92 Å². The van der Waals surface area contributed by atoms with Crippen LogP contribution in [0.2, 0.25) is 0 Å². The molecule has 25 heavy (non-hydrogen) atoms. The molecule has 1 saturated carbocycles. The molecule has 0 N–H and O–H groups in total. The summed E-state index contributed by atoms with van der Waals surface area (Å²) in [4.78, 5) is 14.5. The molecule has 0 bridgehead atoms. The first-order chi connectivity index (χ1) is 12.2. The molecule has 1 aliphatic carbocycles. The van der Waals surface area contributed by atoms with Crippen LogP contribution in [0.4, 0.5) is 0 Å². The average molecular weight is 338 g/mol. The molecule has 0 spiro atoms. The minimum absolute atomic E-state index is 0.0348. The monoisotopic (exact) mass is 338 g/mol. The molecule has 0 unspecified atom stereocenters. The average Bonchev–Trinajstić information content (AvgIpc) is 3.38. The van der Waals surface area contributed by atoms with E-state index in [1.165, 1.54) is 17.5 Å². The second-order valence-electron chi connectivity index (χ2n) is 7.65. The number of hydrogen-bond acceptors (Lipinski definition) is 3. The number of hydrogen-bond donors (Lipinski definition) is 0. The van der Waals surface area contributed by atoms with Gasteiger partial charge in [-0.1, -0.05) is 35.0 Å². The van der Waals surface area contributed by atoms with Crippen LogP contribution in [0.25, 0.3) is 0 Å². The fourth-order valence-corrected chi connectivity index (χ4v) is 3.66. The Morgan fingerprint density at radius 1 is 1.16 bits per heavy atom. The van der Waals surface area contributed by atoms with Crippen LogP contribution in [-0.2, 0) is 6.42 Å². The SMILES string of the molecule is Cc1ccc(CCC2CCN(C(=O)c3cc(C4CC4)on3)CC2)cc1. The van der Waals surface area contributed by atoms with Crippen LogP contribution in [0.5, 0.6) is 0 Å². The summed E-state index contributed by atoms with van der Waals surface area (Å²) in [7, 11) is 0. The van der Waals surface area contributed by atoms with Crippen LogP contribution >= 0.6 is 0 Å². The highest BCUT2D eigenvalue weighted by molar-refractivity contribution is 5.92. The Balaban J connectivity index is 1.25. The van der Waals surface area contributed by atoms with E-state index in [1.807, 2.05) is 11.0 Å². The van der Waals surface area contributed by atoms with Crippen LogP contribution < -0.4 is 0 Å². The molecule has 4 rings (SSSR count). The van der Waals surface area contributed by atoms with Crippen LogP contribution in [0, 0.1) is 12.8 Å². The number of amides is 1. The summed E-state index contributed by atoms with van der Waals surface area (Å²) in [5, 5.41) is 3.99. The number of aryl methyl sites for hydroxylation is 2. The van der Waals surface area contributed by atoms with E-state index in [-0.39, 0.29) is 5.91 Å². The maximum absolute atomic E-state index is 12.6. The zero-order valence-corrected chi connectivity index (χ0v) is 14.9. The molecule has 2 heterocycles. The van der Waals surface area contributed by atoms with Gasteiger partial charge in [0.25, 0.3) is 5.91 Å². The van der Waals surface area contributed by atoms with Crippen molar-refractivity contribution >= 4 is 5.91 Å². The molecule has 1 aromatic heterocycles. The Labute approximate surface area is 149 Å². The predicted octanol–water partition coefficient (Wildman–Crippen LogP) is 4.35. The quantitative estimate of drug-likeness (QED) is 0.814. The van der Waals surface area contributed by atoms with E-state index in [0.717, 1.165) is 51.0 Å². The third kappa shape index (κ3) is 3.94. The number of carbonyl (C=O) groups is 1. The molecule has 1 aromatic carbocycles. The molecule has 4 nitrogen and oxygen atoms in total. The van der Waals surface area contributed by atoms with Gasteiger partial charge in [-0.3, -0.25) is 4.79 Å². The number of likely N-dealkylation sites (tertiary alicyclic amines) is 1. The summed E-state index contributed by atoms with van der Waals surface area (Å²) >= 11 is 0. The van der Waals surface area contributed by atoms with E-state index >= 15 is 0 Å². The molecule has 4 heteroatoms. The van der Waals surface area contributed by atoms with E-state index in [2.05, 4.69) is 36.3 Å². The van der Waals surface area contributed by atoms with Gasteiger partial charge in [0.2, 0.25) is 0 Å². The molecule has 2 aliphatic rings. The molecule has 1 saturated heterocycles. The lowest BCUT2D eigenvalue weighted by molar-refractivity contribution is 0.0676. The molecule has 1 amide bonds. The van der Waals surface area contributed by atoms with Gasteiger partial charge in [-0.15, -0.1) is 0 Å². The number of nitrogens with zero attached hydrogens (tertiary/aromatic N) is 2. The number of carbonyl (C=O) groups excluding carboxylic acids is 1. The Bertz CT molecular complexity index is 723. The maximum Gasteiger partial charge on any atom is 0.276 e. The first-order valence-corrected chi connectivity index (χ1v) is 9.50. The fraction of sp³-hybridized carbons (Fsp3) is 0.524. The van der Waals surface area contributed by atoms with E-state index in [0.29, 0.717) is 17.5 Å². The zero-order chi connectivity index (χ0) is 17.2. The minimum Gasteiger partial charge on any atom is -0.360 e. The van der Waals surface area contributed by atoms with Gasteiger partial charge in [-0.25, -0.2) is 0 Å². The highest BCUT2D eigenvalue weighted by Crippen LogP contribution is 2.40. The standard InChI is InChI=1S/C21H26N2O2/c1-15-2-4-16(5-3-15)6-7-17-10-12-23(13-11-17)21(24)19-14-20(25-22-19)18-8-9-18/h2-5,14,17-18H,6-13H2,1H3. The van der Waals surface area contributed by atoms with Crippen LogP contribution in [0.3, 0.4) is 0 Å². The van der Waals surface area contributed by atoms with E-state index in [9.17, 15) is 4.79 Å². The van der Waals surface area contributed by atoms with Gasteiger partial charge in [0.1, 0.15) is 5.76 Å². The predicted molar refractivity (Wildman–Crippen MR) is 96.6 cm³/mol. The number of aromatic nitrogens is 1. The first-order valence-electron chi connectivity index (χ1n) is 9.50. The normalized spacial score (nSPS) is 18.5. The molecule has 2 fully saturated rings. The van der Waals surface area contributed by atoms with Gasteiger partial charge >= 0.3 is 0 Å². The Hall–Kier alpha value is -2.10. The lowest BCUT2D eigenvalue weighted by Gasteiger charge is -2.31. The third-order valence-electron chi connectivity index (χ3n) is 5.59.